The first-order chi connectivity index (χ1) is 9.07. The van der Waals surface area contributed by atoms with Crippen molar-refractivity contribution in [3.63, 3.8) is 0 Å². The summed E-state index contributed by atoms with van der Waals surface area (Å²) in [5.74, 6) is 6.30. The zero-order chi connectivity index (χ0) is 14.1. The van der Waals surface area contributed by atoms with Crippen LogP contribution in [0.5, 0.6) is 5.75 Å². The molecule has 0 spiro atoms. The quantitative estimate of drug-likeness (QED) is 0.630. The van der Waals surface area contributed by atoms with Crippen molar-refractivity contribution in [2.45, 2.75) is 13.3 Å². The molecule has 0 bridgehead atoms. The average molecular weight is 282 g/mol. The zero-order valence-electron chi connectivity index (χ0n) is 10.9. The minimum absolute atomic E-state index is 0.146. The first kappa shape index (κ1) is 15.5. The number of rotatable bonds is 6. The van der Waals surface area contributed by atoms with E-state index in [0.717, 1.165) is 5.56 Å². The van der Waals surface area contributed by atoms with Gasteiger partial charge in [-0.1, -0.05) is 24.8 Å². The zero-order valence-corrected chi connectivity index (χ0v) is 11.7. The van der Waals surface area contributed by atoms with Gasteiger partial charge in [0.05, 0.1) is 12.4 Å². The summed E-state index contributed by atoms with van der Waals surface area (Å²) in [6.07, 6.45) is 0.475. The molecule has 0 saturated carbocycles. The molecule has 0 radical (unpaired) electrons. The van der Waals surface area contributed by atoms with Crippen LogP contribution in [0, 0.1) is 11.8 Å². The fourth-order valence-corrected chi connectivity index (χ4v) is 2.26. The van der Waals surface area contributed by atoms with Crippen LogP contribution in [0.2, 0.25) is 0 Å². The molecule has 0 aliphatic heterocycles. The highest BCUT2D eigenvalue weighted by Gasteiger charge is 2.06. The summed E-state index contributed by atoms with van der Waals surface area (Å²) in [7, 11) is -2.92. The highest BCUT2D eigenvalue weighted by molar-refractivity contribution is 7.91. The van der Waals surface area contributed by atoms with Gasteiger partial charge in [0.2, 0.25) is 0 Å². The van der Waals surface area contributed by atoms with E-state index in [4.69, 9.17) is 9.84 Å². The molecule has 1 aromatic carbocycles. The Morgan fingerprint density at radius 1 is 1.37 bits per heavy atom. The van der Waals surface area contributed by atoms with Crippen LogP contribution >= 0.6 is 0 Å². The number of benzene rings is 1. The predicted molar refractivity (Wildman–Crippen MR) is 74.8 cm³/mol. The van der Waals surface area contributed by atoms with Crippen LogP contribution in [0.3, 0.4) is 0 Å². The molecule has 0 amide bonds. The second-order valence-electron chi connectivity index (χ2n) is 3.93. The maximum absolute atomic E-state index is 11.3. The Labute approximate surface area is 114 Å². The van der Waals surface area contributed by atoms with Gasteiger partial charge in [0.25, 0.3) is 0 Å². The monoisotopic (exact) mass is 282 g/mol. The lowest BCUT2D eigenvalue weighted by Crippen LogP contribution is -2.11. The molecule has 1 aromatic rings. The third kappa shape index (κ3) is 6.27. The molecule has 0 heterocycles. The number of sulfone groups is 1. The molecule has 1 N–H and O–H groups in total. The lowest BCUT2D eigenvalue weighted by Gasteiger charge is -2.06. The number of hydrogen-bond acceptors (Lipinski definition) is 4. The largest absolute Gasteiger partial charge is 0.494 e. The molecule has 19 heavy (non-hydrogen) atoms. The summed E-state index contributed by atoms with van der Waals surface area (Å²) < 4.78 is 28.0. The molecule has 104 valence electrons. The van der Waals surface area contributed by atoms with Crippen molar-refractivity contribution >= 4 is 9.84 Å². The lowest BCUT2D eigenvalue weighted by molar-refractivity contribution is 0.317. The van der Waals surface area contributed by atoms with E-state index in [1.54, 1.807) is 25.1 Å². The summed E-state index contributed by atoms with van der Waals surface area (Å²) in [5.41, 5.74) is 0.757. The molecule has 4 nitrogen and oxygen atoms in total. The molecule has 0 saturated heterocycles. The summed E-state index contributed by atoms with van der Waals surface area (Å²) >= 11 is 0. The van der Waals surface area contributed by atoms with Gasteiger partial charge in [-0.05, 0) is 24.6 Å². The fraction of sp³-hybridized carbons (Fsp3) is 0.429. The summed E-state index contributed by atoms with van der Waals surface area (Å²) in [4.78, 5) is 0. The van der Waals surface area contributed by atoms with Gasteiger partial charge < -0.3 is 9.84 Å². The van der Waals surface area contributed by atoms with E-state index >= 15 is 0 Å². The van der Waals surface area contributed by atoms with Crippen molar-refractivity contribution in [2.75, 3.05) is 24.7 Å². The standard InChI is InChI=1S/C14H18O4S/c1-2-19(16,17)11-5-10-18-14-8-3-6-13(12-14)7-4-9-15/h3,6,8,12,15H,2,5,9-11H2,1H3. The summed E-state index contributed by atoms with van der Waals surface area (Å²) in [6.45, 7) is 1.82. The predicted octanol–water partition coefficient (Wildman–Crippen LogP) is 1.23. The van der Waals surface area contributed by atoms with E-state index < -0.39 is 9.84 Å². The topological polar surface area (TPSA) is 63.6 Å². The highest BCUT2D eigenvalue weighted by Crippen LogP contribution is 2.12. The number of ether oxygens (including phenoxy) is 1. The fourth-order valence-electron chi connectivity index (χ4n) is 1.42. The second kappa shape index (κ2) is 7.82. The van der Waals surface area contributed by atoms with Crippen LogP contribution in [-0.4, -0.2) is 38.2 Å². The lowest BCUT2D eigenvalue weighted by atomic mass is 10.2. The number of aliphatic hydroxyl groups is 1. The van der Waals surface area contributed by atoms with Crippen LogP contribution in [0.1, 0.15) is 18.9 Å². The van der Waals surface area contributed by atoms with Gasteiger partial charge >= 0.3 is 0 Å². The molecule has 0 atom stereocenters. The van der Waals surface area contributed by atoms with E-state index in [1.807, 2.05) is 6.07 Å². The maximum Gasteiger partial charge on any atom is 0.150 e. The third-order valence-electron chi connectivity index (χ3n) is 2.45. The van der Waals surface area contributed by atoms with E-state index in [0.29, 0.717) is 18.8 Å². The molecule has 1 rings (SSSR count). The maximum atomic E-state index is 11.3. The summed E-state index contributed by atoms with van der Waals surface area (Å²) in [5, 5.41) is 8.61. The Morgan fingerprint density at radius 2 is 2.16 bits per heavy atom. The van der Waals surface area contributed by atoms with Gasteiger partial charge in [0, 0.05) is 11.3 Å². The van der Waals surface area contributed by atoms with Crippen molar-refractivity contribution in [3.8, 4) is 17.6 Å². The smallest absolute Gasteiger partial charge is 0.150 e. The molecule has 0 unspecified atom stereocenters. The van der Waals surface area contributed by atoms with Gasteiger partial charge in [0.1, 0.15) is 22.2 Å². The van der Waals surface area contributed by atoms with Crippen molar-refractivity contribution in [1.82, 2.24) is 0 Å². The van der Waals surface area contributed by atoms with Gasteiger partial charge in [-0.3, -0.25) is 0 Å². The Morgan fingerprint density at radius 3 is 2.84 bits per heavy atom. The Hall–Kier alpha value is -1.51. The summed E-state index contributed by atoms with van der Waals surface area (Å²) in [6, 6.07) is 7.17. The second-order valence-corrected chi connectivity index (χ2v) is 6.40. The van der Waals surface area contributed by atoms with Crippen LogP contribution in [0.4, 0.5) is 0 Å². The molecule has 5 heteroatoms. The molecule has 0 aromatic heterocycles. The van der Waals surface area contributed by atoms with Crippen LogP contribution in [-0.2, 0) is 9.84 Å². The first-order valence-corrected chi connectivity index (χ1v) is 7.92. The van der Waals surface area contributed by atoms with Gasteiger partial charge in [-0.2, -0.15) is 0 Å². The first-order valence-electron chi connectivity index (χ1n) is 6.10. The van der Waals surface area contributed by atoms with E-state index in [9.17, 15) is 8.42 Å². The van der Waals surface area contributed by atoms with Crippen LogP contribution in [0.15, 0.2) is 24.3 Å². The van der Waals surface area contributed by atoms with Crippen molar-refractivity contribution < 1.29 is 18.3 Å². The Bertz CT molecular complexity index is 552. The van der Waals surface area contributed by atoms with Crippen LogP contribution in [0.25, 0.3) is 0 Å². The number of aliphatic hydroxyl groups excluding tert-OH is 1. The van der Waals surface area contributed by atoms with Gasteiger partial charge in [0.15, 0.2) is 0 Å². The van der Waals surface area contributed by atoms with E-state index in [1.165, 1.54) is 0 Å². The normalized spacial score (nSPS) is 10.6. The SMILES string of the molecule is CCS(=O)(=O)CCCOc1cccc(C#CCO)c1. The van der Waals surface area contributed by atoms with Crippen molar-refractivity contribution in [3.05, 3.63) is 29.8 Å². The van der Waals surface area contributed by atoms with E-state index in [2.05, 4.69) is 11.8 Å². The molecule has 0 aliphatic carbocycles. The molecule has 0 fully saturated rings. The third-order valence-corrected chi connectivity index (χ3v) is 4.24. The highest BCUT2D eigenvalue weighted by atomic mass is 32.2. The number of hydrogen-bond donors (Lipinski definition) is 1. The van der Waals surface area contributed by atoms with Gasteiger partial charge in [-0.15, -0.1) is 0 Å². The van der Waals surface area contributed by atoms with E-state index in [-0.39, 0.29) is 18.1 Å². The molecular formula is C14H18O4S. The van der Waals surface area contributed by atoms with Crippen molar-refractivity contribution in [2.24, 2.45) is 0 Å². The Balaban J connectivity index is 2.46. The van der Waals surface area contributed by atoms with Gasteiger partial charge in [-0.25, -0.2) is 8.42 Å². The minimum atomic E-state index is -2.92. The molecule has 0 aliphatic rings. The van der Waals surface area contributed by atoms with Crippen molar-refractivity contribution in [1.29, 1.82) is 0 Å². The Kier molecular flexibility index (Phi) is 6.40. The minimum Gasteiger partial charge on any atom is -0.494 e. The molecular weight excluding hydrogens is 264 g/mol. The average Bonchev–Trinajstić information content (AvgIpc) is 2.42. The van der Waals surface area contributed by atoms with Crippen LogP contribution < -0.4 is 4.74 Å².